The fraction of sp³-hybridized carbons (Fsp3) is 0.200. The Bertz CT molecular complexity index is 1430. The highest BCUT2D eigenvalue weighted by atomic mass is 35.5. The van der Waals surface area contributed by atoms with Gasteiger partial charge in [-0.3, -0.25) is 4.79 Å². The Balaban J connectivity index is 1.35. The third-order valence-electron chi connectivity index (χ3n) is 6.83. The number of benzene rings is 3. The maximum Gasteiger partial charge on any atom is 0.321 e. The van der Waals surface area contributed by atoms with Crippen molar-refractivity contribution >= 4 is 29.2 Å². The monoisotopic (exact) mass is 528 g/mol. The van der Waals surface area contributed by atoms with Crippen molar-refractivity contribution in [2.75, 3.05) is 38.6 Å². The van der Waals surface area contributed by atoms with Gasteiger partial charge >= 0.3 is 6.03 Å². The lowest BCUT2D eigenvalue weighted by Crippen LogP contribution is -2.51. The van der Waals surface area contributed by atoms with Crippen molar-refractivity contribution in [2.45, 2.75) is 6.92 Å². The third-order valence-corrected chi connectivity index (χ3v) is 7.08. The van der Waals surface area contributed by atoms with Crippen LogP contribution in [0.25, 0.3) is 16.9 Å². The van der Waals surface area contributed by atoms with Crippen LogP contribution in [0.3, 0.4) is 0 Å². The summed E-state index contributed by atoms with van der Waals surface area (Å²) in [7, 11) is 1.64. The lowest BCUT2D eigenvalue weighted by atomic mass is 10.1. The largest absolute Gasteiger partial charge is 0.497 e. The van der Waals surface area contributed by atoms with Gasteiger partial charge in [0.2, 0.25) is 0 Å². The number of hydrogen-bond acceptors (Lipinski definition) is 3. The Hall–Kier alpha value is -4.23. The van der Waals surface area contributed by atoms with Crippen LogP contribution in [0, 0.1) is 6.92 Å². The number of ether oxygens (including phenoxy) is 1. The van der Waals surface area contributed by atoms with Crippen LogP contribution in [0.5, 0.6) is 5.75 Å². The van der Waals surface area contributed by atoms with Gasteiger partial charge in [0.15, 0.2) is 0 Å². The first-order valence-corrected chi connectivity index (χ1v) is 12.9. The normalized spacial score (nSPS) is 13.3. The molecular formula is C30H29ClN4O3. The molecule has 2 heterocycles. The Morgan fingerprint density at radius 2 is 1.47 bits per heavy atom. The zero-order valence-electron chi connectivity index (χ0n) is 21.4. The number of amides is 3. The van der Waals surface area contributed by atoms with Crippen molar-refractivity contribution < 1.29 is 14.3 Å². The van der Waals surface area contributed by atoms with Gasteiger partial charge in [0.1, 0.15) is 5.75 Å². The number of nitrogens with one attached hydrogen (secondary N) is 1. The quantitative estimate of drug-likeness (QED) is 0.340. The van der Waals surface area contributed by atoms with Crippen molar-refractivity contribution in [1.82, 2.24) is 14.4 Å². The topological polar surface area (TPSA) is 66.8 Å². The molecule has 3 aromatic carbocycles. The van der Waals surface area contributed by atoms with Crippen molar-refractivity contribution in [2.24, 2.45) is 0 Å². The number of anilines is 1. The smallest absolute Gasteiger partial charge is 0.321 e. The van der Waals surface area contributed by atoms with E-state index < -0.39 is 0 Å². The van der Waals surface area contributed by atoms with E-state index in [1.54, 1.807) is 36.3 Å². The molecule has 194 valence electrons. The van der Waals surface area contributed by atoms with Crippen LogP contribution in [0.2, 0.25) is 5.02 Å². The molecule has 1 aliphatic rings. The highest BCUT2D eigenvalue weighted by Crippen LogP contribution is 2.31. The molecule has 1 aliphatic heterocycles. The molecule has 0 spiro atoms. The molecule has 4 aromatic rings. The van der Waals surface area contributed by atoms with Crippen molar-refractivity contribution in [1.29, 1.82) is 0 Å². The molecule has 0 saturated carbocycles. The van der Waals surface area contributed by atoms with Crippen LogP contribution in [-0.4, -0.2) is 59.6 Å². The number of carbonyl (C=O) groups is 2. The second-order valence-electron chi connectivity index (χ2n) is 9.14. The van der Waals surface area contributed by atoms with Gasteiger partial charge in [-0.25, -0.2) is 4.79 Å². The van der Waals surface area contributed by atoms with Crippen LogP contribution in [0.15, 0.2) is 84.9 Å². The highest BCUT2D eigenvalue weighted by Gasteiger charge is 2.28. The molecule has 1 N–H and O–H groups in total. The second kappa shape index (κ2) is 11.0. The SMILES string of the molecule is COc1ccc(-c2cc(C(=O)N3CCN(C(=O)Nc4ccc(Cl)cc4)CC3)c(C)n2-c2ccccc2)cc1. The van der Waals surface area contributed by atoms with Gasteiger partial charge in [-0.2, -0.15) is 0 Å². The van der Waals surface area contributed by atoms with Crippen LogP contribution in [0.4, 0.5) is 10.5 Å². The van der Waals surface area contributed by atoms with E-state index in [0.29, 0.717) is 42.5 Å². The van der Waals surface area contributed by atoms with E-state index in [2.05, 4.69) is 9.88 Å². The number of aromatic nitrogens is 1. The summed E-state index contributed by atoms with van der Waals surface area (Å²) in [6.07, 6.45) is 0. The number of urea groups is 1. The zero-order chi connectivity index (χ0) is 26.6. The summed E-state index contributed by atoms with van der Waals surface area (Å²) in [5.74, 6) is 0.738. The number of nitrogens with zero attached hydrogens (tertiary/aromatic N) is 3. The molecule has 7 nitrogen and oxygen atoms in total. The number of para-hydroxylation sites is 1. The number of carbonyl (C=O) groups excluding carboxylic acids is 2. The van der Waals surface area contributed by atoms with E-state index in [1.165, 1.54) is 0 Å². The zero-order valence-corrected chi connectivity index (χ0v) is 22.1. The van der Waals surface area contributed by atoms with E-state index in [-0.39, 0.29) is 11.9 Å². The van der Waals surface area contributed by atoms with E-state index in [1.807, 2.05) is 72.5 Å². The molecule has 0 aliphatic carbocycles. The number of hydrogen-bond donors (Lipinski definition) is 1. The van der Waals surface area contributed by atoms with Crippen molar-refractivity contribution in [3.8, 4) is 22.7 Å². The van der Waals surface area contributed by atoms with E-state index >= 15 is 0 Å². The molecule has 0 bridgehead atoms. The fourth-order valence-corrected chi connectivity index (χ4v) is 4.85. The Labute approximate surface area is 227 Å². The first-order chi connectivity index (χ1) is 18.4. The standard InChI is InChI=1S/C30H29ClN4O3/c1-21-27(20-28(22-8-14-26(38-2)15-9-22)35(21)25-6-4-3-5-7-25)29(36)33-16-18-34(19-17-33)30(37)32-24-12-10-23(31)11-13-24/h3-15,20H,16-19H2,1-2H3,(H,32,37). The first kappa shape index (κ1) is 25.4. The maximum atomic E-state index is 13.7. The molecule has 1 saturated heterocycles. The second-order valence-corrected chi connectivity index (χ2v) is 9.58. The Morgan fingerprint density at radius 3 is 2.11 bits per heavy atom. The van der Waals surface area contributed by atoms with Gasteiger partial charge in [-0.15, -0.1) is 0 Å². The Kier molecular flexibility index (Phi) is 7.38. The molecule has 5 rings (SSSR count). The molecule has 1 aromatic heterocycles. The van der Waals surface area contributed by atoms with E-state index in [9.17, 15) is 9.59 Å². The molecule has 0 unspecified atom stereocenters. The fourth-order valence-electron chi connectivity index (χ4n) is 4.73. The summed E-state index contributed by atoms with van der Waals surface area (Å²) >= 11 is 5.93. The average Bonchev–Trinajstić information content (AvgIpc) is 3.31. The summed E-state index contributed by atoms with van der Waals surface area (Å²) < 4.78 is 7.44. The average molecular weight is 529 g/mol. The summed E-state index contributed by atoms with van der Waals surface area (Å²) in [4.78, 5) is 30.0. The molecule has 1 fully saturated rings. The van der Waals surface area contributed by atoms with Crippen LogP contribution in [0.1, 0.15) is 16.1 Å². The molecule has 38 heavy (non-hydrogen) atoms. The van der Waals surface area contributed by atoms with Gasteiger partial charge in [0.05, 0.1) is 18.4 Å². The predicted octanol–water partition coefficient (Wildman–Crippen LogP) is 6.10. The molecule has 8 heteroatoms. The van der Waals surface area contributed by atoms with Crippen molar-refractivity contribution in [3.63, 3.8) is 0 Å². The van der Waals surface area contributed by atoms with Gasteiger partial charge in [-0.1, -0.05) is 29.8 Å². The summed E-state index contributed by atoms with van der Waals surface area (Å²) in [6.45, 7) is 3.80. The van der Waals surface area contributed by atoms with Gasteiger partial charge in [0.25, 0.3) is 5.91 Å². The van der Waals surface area contributed by atoms with E-state index in [0.717, 1.165) is 28.4 Å². The lowest BCUT2D eigenvalue weighted by Gasteiger charge is -2.34. The lowest BCUT2D eigenvalue weighted by molar-refractivity contribution is 0.0671. The predicted molar refractivity (Wildman–Crippen MR) is 150 cm³/mol. The molecule has 0 radical (unpaired) electrons. The minimum Gasteiger partial charge on any atom is -0.497 e. The number of rotatable bonds is 5. The third kappa shape index (κ3) is 5.24. The van der Waals surface area contributed by atoms with Crippen LogP contribution < -0.4 is 10.1 Å². The van der Waals surface area contributed by atoms with Crippen LogP contribution >= 0.6 is 11.6 Å². The Morgan fingerprint density at radius 1 is 0.842 bits per heavy atom. The summed E-state index contributed by atoms with van der Waals surface area (Å²) in [5.41, 5.74) is 5.11. The summed E-state index contributed by atoms with van der Waals surface area (Å²) in [5, 5.41) is 3.50. The van der Waals surface area contributed by atoms with E-state index in [4.69, 9.17) is 16.3 Å². The molecule has 3 amide bonds. The van der Waals surface area contributed by atoms with Gasteiger partial charge < -0.3 is 24.4 Å². The minimum absolute atomic E-state index is 0.0373. The van der Waals surface area contributed by atoms with Crippen molar-refractivity contribution in [3.05, 3.63) is 101 Å². The minimum atomic E-state index is -0.187. The van der Waals surface area contributed by atoms with Gasteiger partial charge in [0, 0.05) is 48.3 Å². The number of halogens is 1. The van der Waals surface area contributed by atoms with Gasteiger partial charge in [-0.05, 0) is 79.2 Å². The number of methoxy groups -OCH3 is 1. The summed E-state index contributed by atoms with van der Waals surface area (Å²) in [6, 6.07) is 26.6. The van der Waals surface area contributed by atoms with Crippen LogP contribution in [-0.2, 0) is 0 Å². The highest BCUT2D eigenvalue weighted by molar-refractivity contribution is 6.30. The molecular weight excluding hydrogens is 500 g/mol. The first-order valence-electron chi connectivity index (χ1n) is 12.5. The number of piperazine rings is 1. The molecule has 0 atom stereocenters. The maximum absolute atomic E-state index is 13.7.